The molecule has 2 fully saturated rings. The monoisotopic (exact) mass is 492 g/mol. The van der Waals surface area contributed by atoms with E-state index < -0.39 is 27.7 Å². The number of hydrogen-bond donors (Lipinski definition) is 2. The van der Waals surface area contributed by atoms with Gasteiger partial charge in [0.2, 0.25) is 10.0 Å². The largest absolute Gasteiger partial charge is 0.379 e. The molecular weight excluding hydrogens is 467 g/mol. The molecule has 2 amide bonds. The van der Waals surface area contributed by atoms with Crippen LogP contribution >= 0.6 is 0 Å². The van der Waals surface area contributed by atoms with E-state index in [0.29, 0.717) is 45.2 Å². The van der Waals surface area contributed by atoms with E-state index in [1.54, 1.807) is 6.07 Å². The zero-order chi connectivity index (χ0) is 24.1. The third-order valence-electron chi connectivity index (χ3n) is 5.57. The number of amides is 2. The summed E-state index contributed by atoms with van der Waals surface area (Å²) >= 11 is 0. The number of sulfonamides is 1. The molecule has 2 aliphatic rings. The van der Waals surface area contributed by atoms with Gasteiger partial charge in [0.15, 0.2) is 0 Å². The van der Waals surface area contributed by atoms with Crippen molar-refractivity contribution in [2.24, 2.45) is 0 Å². The van der Waals surface area contributed by atoms with E-state index in [1.165, 1.54) is 28.6 Å². The molecule has 2 saturated heterocycles. The zero-order valence-electron chi connectivity index (χ0n) is 18.3. The minimum Gasteiger partial charge on any atom is -0.379 e. The third kappa shape index (κ3) is 5.36. The lowest BCUT2D eigenvalue weighted by Gasteiger charge is -2.31. The molecule has 0 aliphatic carbocycles. The van der Waals surface area contributed by atoms with Gasteiger partial charge in [0.05, 0.1) is 36.9 Å². The average molecular weight is 493 g/mol. The topological polar surface area (TPSA) is 117 Å². The number of nitrogens with zero attached hydrogens (tertiary/aromatic N) is 2. The Bertz CT molecular complexity index is 1150. The summed E-state index contributed by atoms with van der Waals surface area (Å²) in [5.74, 6) is -1.82. The molecule has 0 aromatic heterocycles. The Labute approximate surface area is 196 Å². The quantitative estimate of drug-likeness (QED) is 0.592. The van der Waals surface area contributed by atoms with Gasteiger partial charge in [-0.05, 0) is 42.5 Å². The second-order valence-corrected chi connectivity index (χ2v) is 9.65. The van der Waals surface area contributed by atoms with Crippen LogP contribution in [0.1, 0.15) is 20.7 Å². The highest BCUT2D eigenvalue weighted by atomic mass is 32.2. The second-order valence-electron chi connectivity index (χ2n) is 7.71. The van der Waals surface area contributed by atoms with Gasteiger partial charge in [-0.15, -0.1) is 0 Å². The van der Waals surface area contributed by atoms with E-state index in [1.807, 2.05) is 4.90 Å². The second kappa shape index (κ2) is 10.5. The molecule has 12 heteroatoms. The van der Waals surface area contributed by atoms with Crippen LogP contribution in [0.2, 0.25) is 0 Å². The highest BCUT2D eigenvalue weighted by Crippen LogP contribution is 2.27. The van der Waals surface area contributed by atoms with Crippen LogP contribution in [0.4, 0.5) is 10.1 Å². The summed E-state index contributed by atoms with van der Waals surface area (Å²) in [6, 6.07) is 9.21. The smallest absolute Gasteiger partial charge is 0.271 e. The van der Waals surface area contributed by atoms with Gasteiger partial charge < -0.3 is 14.4 Å². The number of morpholine rings is 2. The molecule has 10 nitrogen and oxygen atoms in total. The first-order valence-electron chi connectivity index (χ1n) is 10.8. The first kappa shape index (κ1) is 24.1. The van der Waals surface area contributed by atoms with Crippen LogP contribution in [0.3, 0.4) is 0 Å². The SMILES string of the molecule is O=C(NNC(=O)c1cc(S(=O)(=O)N2CCOCC2)ccc1N1CCOCC1)c1ccc(F)cc1. The number of halogens is 1. The molecular formula is C22H25FN4O6S. The highest BCUT2D eigenvalue weighted by Gasteiger charge is 2.29. The minimum absolute atomic E-state index is 0.0265. The minimum atomic E-state index is -3.84. The third-order valence-corrected chi connectivity index (χ3v) is 7.46. The average Bonchev–Trinajstić information content (AvgIpc) is 2.88. The molecule has 182 valence electrons. The summed E-state index contributed by atoms with van der Waals surface area (Å²) in [6.45, 7) is 3.04. The molecule has 2 N–H and O–H groups in total. The summed E-state index contributed by atoms with van der Waals surface area (Å²) in [6.07, 6.45) is 0. The number of ether oxygens (including phenoxy) is 2. The Balaban J connectivity index is 1.59. The Kier molecular flexibility index (Phi) is 7.41. The number of carbonyl (C=O) groups excluding carboxylic acids is 2. The maximum Gasteiger partial charge on any atom is 0.271 e. The molecule has 2 aliphatic heterocycles. The molecule has 0 spiro atoms. The fraction of sp³-hybridized carbons (Fsp3) is 0.364. The van der Waals surface area contributed by atoms with Crippen molar-refractivity contribution in [2.75, 3.05) is 57.5 Å². The van der Waals surface area contributed by atoms with Crippen LogP contribution in [-0.2, 0) is 19.5 Å². The maximum absolute atomic E-state index is 13.1. The summed E-state index contributed by atoms with van der Waals surface area (Å²) in [5, 5.41) is 0. The highest BCUT2D eigenvalue weighted by molar-refractivity contribution is 7.89. The van der Waals surface area contributed by atoms with Crippen molar-refractivity contribution >= 4 is 27.5 Å². The van der Waals surface area contributed by atoms with E-state index in [9.17, 15) is 22.4 Å². The first-order valence-corrected chi connectivity index (χ1v) is 12.2. The summed E-state index contributed by atoms with van der Waals surface area (Å²) in [4.78, 5) is 27.3. The van der Waals surface area contributed by atoms with Gasteiger partial charge in [-0.25, -0.2) is 12.8 Å². The normalized spacial score (nSPS) is 17.3. The van der Waals surface area contributed by atoms with Crippen LogP contribution < -0.4 is 15.8 Å². The van der Waals surface area contributed by atoms with E-state index in [2.05, 4.69) is 10.9 Å². The molecule has 2 heterocycles. The van der Waals surface area contributed by atoms with Gasteiger partial charge in [-0.3, -0.25) is 20.4 Å². The molecule has 0 unspecified atom stereocenters. The predicted octanol–water partition coefficient (Wildman–Crippen LogP) is 0.758. The summed E-state index contributed by atoms with van der Waals surface area (Å²) in [7, 11) is -3.84. The number of benzene rings is 2. The molecule has 0 radical (unpaired) electrons. The molecule has 0 atom stereocenters. The Morgan fingerprint density at radius 3 is 2.06 bits per heavy atom. The van der Waals surface area contributed by atoms with E-state index in [0.717, 1.165) is 12.1 Å². The van der Waals surface area contributed by atoms with Crippen molar-refractivity contribution in [3.63, 3.8) is 0 Å². The van der Waals surface area contributed by atoms with Gasteiger partial charge in [0.25, 0.3) is 11.8 Å². The van der Waals surface area contributed by atoms with Crippen LogP contribution in [0.15, 0.2) is 47.4 Å². The van der Waals surface area contributed by atoms with E-state index in [4.69, 9.17) is 9.47 Å². The summed E-state index contributed by atoms with van der Waals surface area (Å²) < 4.78 is 51.3. The van der Waals surface area contributed by atoms with Crippen molar-refractivity contribution in [1.29, 1.82) is 0 Å². The van der Waals surface area contributed by atoms with E-state index >= 15 is 0 Å². The van der Waals surface area contributed by atoms with E-state index in [-0.39, 0.29) is 29.1 Å². The number of carbonyl (C=O) groups is 2. The van der Waals surface area contributed by atoms with Gasteiger partial charge in [-0.1, -0.05) is 0 Å². The molecule has 34 heavy (non-hydrogen) atoms. The van der Waals surface area contributed by atoms with Crippen LogP contribution in [0, 0.1) is 5.82 Å². The molecule has 2 aromatic carbocycles. The lowest BCUT2D eigenvalue weighted by Crippen LogP contribution is -2.43. The summed E-state index contributed by atoms with van der Waals surface area (Å²) in [5.41, 5.74) is 5.39. The number of nitrogens with one attached hydrogen (secondary N) is 2. The van der Waals surface area contributed by atoms with Crippen LogP contribution in [0.25, 0.3) is 0 Å². The maximum atomic E-state index is 13.1. The number of anilines is 1. The van der Waals surface area contributed by atoms with Crippen LogP contribution in [-0.4, -0.2) is 77.1 Å². The van der Waals surface area contributed by atoms with Crippen molar-refractivity contribution in [3.05, 3.63) is 59.4 Å². The Hall–Kier alpha value is -3.06. The Morgan fingerprint density at radius 1 is 0.824 bits per heavy atom. The zero-order valence-corrected chi connectivity index (χ0v) is 19.1. The molecule has 0 saturated carbocycles. The first-order chi connectivity index (χ1) is 16.4. The van der Waals surface area contributed by atoms with Gasteiger partial charge in [0, 0.05) is 37.4 Å². The lowest BCUT2D eigenvalue weighted by molar-refractivity contribution is 0.0730. The van der Waals surface area contributed by atoms with Crippen molar-refractivity contribution in [1.82, 2.24) is 15.2 Å². The number of rotatable bonds is 5. The number of hydrogen-bond acceptors (Lipinski definition) is 7. The van der Waals surface area contributed by atoms with Gasteiger partial charge in [0.1, 0.15) is 5.82 Å². The van der Waals surface area contributed by atoms with Crippen molar-refractivity contribution in [3.8, 4) is 0 Å². The molecule has 4 rings (SSSR count). The molecule has 2 aromatic rings. The van der Waals surface area contributed by atoms with Crippen molar-refractivity contribution in [2.45, 2.75) is 4.90 Å². The molecule has 0 bridgehead atoms. The lowest BCUT2D eigenvalue weighted by atomic mass is 10.1. The van der Waals surface area contributed by atoms with Gasteiger partial charge in [-0.2, -0.15) is 4.31 Å². The fourth-order valence-corrected chi connectivity index (χ4v) is 5.16. The number of hydrazine groups is 1. The Morgan fingerprint density at radius 2 is 1.41 bits per heavy atom. The van der Waals surface area contributed by atoms with Crippen molar-refractivity contribution < 1.29 is 31.9 Å². The fourth-order valence-electron chi connectivity index (χ4n) is 3.73. The predicted molar refractivity (Wildman–Crippen MR) is 120 cm³/mol. The van der Waals surface area contributed by atoms with Gasteiger partial charge >= 0.3 is 0 Å². The standard InChI is InChI=1S/C22H25FN4O6S/c23-17-3-1-16(2-4-17)21(28)24-25-22(29)19-15-18(34(30,31)27-9-13-33-14-10-27)5-6-20(19)26-7-11-32-12-8-26/h1-6,15H,7-14H2,(H,24,28)(H,25,29). The van der Waals surface area contributed by atoms with Crippen LogP contribution in [0.5, 0.6) is 0 Å².